The molecule has 2 aliphatic rings. The van der Waals surface area contributed by atoms with Gasteiger partial charge in [-0.05, 0) is 88.8 Å². The summed E-state index contributed by atoms with van der Waals surface area (Å²) in [5.74, 6) is 0.802. The number of piperidine rings is 1. The van der Waals surface area contributed by atoms with Crippen LogP contribution in [-0.4, -0.2) is 34.6 Å². The number of carbonyl (C=O) groups is 2. The molecule has 180 valence electrons. The number of rotatable bonds is 8. The summed E-state index contributed by atoms with van der Waals surface area (Å²) in [6, 6.07) is 8.80. The molecule has 0 radical (unpaired) electrons. The molecule has 3 heteroatoms. The van der Waals surface area contributed by atoms with Gasteiger partial charge in [-0.25, -0.2) is 0 Å². The summed E-state index contributed by atoms with van der Waals surface area (Å²) >= 11 is 0. The summed E-state index contributed by atoms with van der Waals surface area (Å²) in [5.41, 5.74) is 3.86. The lowest BCUT2D eigenvalue weighted by Gasteiger charge is -2.43. The number of benzene rings is 1. The zero-order chi connectivity index (χ0) is 24.4. The minimum atomic E-state index is -0.153. The van der Waals surface area contributed by atoms with Crippen molar-refractivity contribution in [3.05, 3.63) is 48.0 Å². The maximum Gasteiger partial charge on any atom is 0.137 e. The van der Waals surface area contributed by atoms with Gasteiger partial charge < -0.3 is 4.79 Å². The Labute approximate surface area is 197 Å². The molecule has 2 aliphatic heterocycles. The molecule has 0 N–H and O–H groups in total. The number of nitrogens with zero attached hydrogens (tertiary/aromatic N) is 1. The molecule has 1 aromatic rings. The Hall–Kier alpha value is -1.74. The van der Waals surface area contributed by atoms with Crippen LogP contribution in [0.25, 0.3) is 0 Å². The van der Waals surface area contributed by atoms with E-state index in [1.54, 1.807) is 13.8 Å². The van der Waals surface area contributed by atoms with Crippen molar-refractivity contribution in [2.75, 3.05) is 0 Å². The summed E-state index contributed by atoms with van der Waals surface area (Å²) in [4.78, 5) is 26.3. The van der Waals surface area contributed by atoms with E-state index in [1.807, 2.05) is 13.8 Å². The fourth-order valence-corrected chi connectivity index (χ4v) is 5.72. The van der Waals surface area contributed by atoms with Gasteiger partial charge in [0.1, 0.15) is 11.6 Å². The van der Waals surface area contributed by atoms with E-state index < -0.39 is 0 Å². The van der Waals surface area contributed by atoms with E-state index in [0.29, 0.717) is 24.8 Å². The lowest BCUT2D eigenvalue weighted by atomic mass is 9.80. The summed E-state index contributed by atoms with van der Waals surface area (Å²) in [7, 11) is 0. The first-order valence-corrected chi connectivity index (χ1v) is 12.7. The number of ketones is 2. The van der Waals surface area contributed by atoms with Gasteiger partial charge in [0, 0.05) is 30.5 Å². The molecule has 0 amide bonds. The van der Waals surface area contributed by atoms with Crippen LogP contribution in [0.15, 0.2) is 31.4 Å². The third-order valence-corrected chi connectivity index (χ3v) is 7.30. The van der Waals surface area contributed by atoms with Crippen molar-refractivity contribution in [2.24, 2.45) is 0 Å². The Morgan fingerprint density at radius 3 is 2.09 bits per heavy atom. The molecule has 4 atom stereocenters. The van der Waals surface area contributed by atoms with Gasteiger partial charge >= 0.3 is 0 Å². The SMILES string of the molecule is C=C.CC.CCC(C)N1C2CCC1CC(c1ccc(C(CCC(C)=O)C(C)=O)cc1C)C2. The van der Waals surface area contributed by atoms with Crippen molar-refractivity contribution >= 4 is 11.6 Å². The Morgan fingerprint density at radius 1 is 1.09 bits per heavy atom. The van der Waals surface area contributed by atoms with E-state index in [4.69, 9.17) is 0 Å². The lowest BCUT2D eigenvalue weighted by Crippen LogP contribution is -2.47. The van der Waals surface area contributed by atoms with Crippen LogP contribution >= 0.6 is 0 Å². The molecule has 0 saturated carbocycles. The highest BCUT2D eigenvalue weighted by Crippen LogP contribution is 2.45. The molecule has 0 spiro atoms. The standard InChI is InChI=1S/C25H37NO2.C2H6.C2H4/c1-6-17(3)26-22-9-10-23(26)15-21(14-22)24-12-8-20(13-16(24)2)25(19(5)28)11-7-18(4)27;2*1-2/h8,12-13,17,21-23,25H,6-7,9-11,14-15H2,1-5H3;1-2H3;1-2H2. The highest BCUT2D eigenvalue weighted by atomic mass is 16.1. The second-order valence-corrected chi connectivity index (χ2v) is 9.28. The molecule has 2 fully saturated rings. The largest absolute Gasteiger partial charge is 0.300 e. The van der Waals surface area contributed by atoms with Crippen LogP contribution in [0.5, 0.6) is 0 Å². The molecule has 32 heavy (non-hydrogen) atoms. The number of hydrogen-bond donors (Lipinski definition) is 0. The smallest absolute Gasteiger partial charge is 0.137 e. The first kappa shape index (κ1) is 28.3. The molecule has 1 aromatic carbocycles. The van der Waals surface area contributed by atoms with Crippen molar-refractivity contribution in [3.8, 4) is 0 Å². The predicted molar refractivity (Wildman–Crippen MR) is 137 cm³/mol. The summed E-state index contributed by atoms with van der Waals surface area (Å²) in [6.07, 6.45) is 7.56. The highest BCUT2D eigenvalue weighted by molar-refractivity contribution is 5.84. The fourth-order valence-electron chi connectivity index (χ4n) is 5.72. The highest BCUT2D eigenvalue weighted by Gasteiger charge is 2.42. The molecule has 3 nitrogen and oxygen atoms in total. The van der Waals surface area contributed by atoms with Gasteiger partial charge in [-0.15, -0.1) is 13.2 Å². The Morgan fingerprint density at radius 2 is 1.66 bits per heavy atom. The first-order chi connectivity index (χ1) is 15.3. The quantitative estimate of drug-likeness (QED) is 0.395. The predicted octanol–water partition coefficient (Wildman–Crippen LogP) is 7.37. The lowest BCUT2D eigenvalue weighted by molar-refractivity contribution is -0.119. The molecule has 0 aromatic heterocycles. The molecule has 2 saturated heterocycles. The van der Waals surface area contributed by atoms with Crippen LogP contribution in [0, 0.1) is 6.92 Å². The number of hydrogen-bond acceptors (Lipinski definition) is 3. The van der Waals surface area contributed by atoms with Crippen LogP contribution in [0.1, 0.15) is 115 Å². The Balaban J connectivity index is 0.00000121. The van der Waals surface area contributed by atoms with Crippen molar-refractivity contribution in [1.29, 1.82) is 0 Å². The van der Waals surface area contributed by atoms with E-state index in [2.05, 4.69) is 57.0 Å². The monoisotopic (exact) mass is 441 g/mol. The van der Waals surface area contributed by atoms with Gasteiger partial charge in [0.15, 0.2) is 0 Å². The summed E-state index contributed by atoms with van der Waals surface area (Å²) in [5, 5.41) is 0. The number of aryl methyl sites for hydroxylation is 1. The average molecular weight is 442 g/mol. The molecule has 0 aliphatic carbocycles. The van der Waals surface area contributed by atoms with Crippen molar-refractivity contribution in [3.63, 3.8) is 0 Å². The molecular formula is C29H47NO2. The van der Waals surface area contributed by atoms with E-state index in [0.717, 1.165) is 17.6 Å². The van der Waals surface area contributed by atoms with Crippen LogP contribution in [0.3, 0.4) is 0 Å². The van der Waals surface area contributed by atoms with Crippen molar-refractivity contribution in [1.82, 2.24) is 4.90 Å². The van der Waals surface area contributed by atoms with Gasteiger partial charge in [-0.3, -0.25) is 9.69 Å². The minimum Gasteiger partial charge on any atom is -0.300 e. The van der Waals surface area contributed by atoms with Gasteiger partial charge in [-0.1, -0.05) is 39.0 Å². The third kappa shape index (κ3) is 6.88. The van der Waals surface area contributed by atoms with Crippen LogP contribution in [0.4, 0.5) is 0 Å². The van der Waals surface area contributed by atoms with Gasteiger partial charge in [-0.2, -0.15) is 0 Å². The second-order valence-electron chi connectivity index (χ2n) is 9.28. The number of Topliss-reactive ketones (excluding diaryl/α,β-unsaturated/α-hetero) is 2. The zero-order valence-electron chi connectivity index (χ0n) is 21.7. The zero-order valence-corrected chi connectivity index (χ0v) is 21.7. The van der Waals surface area contributed by atoms with Gasteiger partial charge in [0.25, 0.3) is 0 Å². The van der Waals surface area contributed by atoms with E-state index in [9.17, 15) is 9.59 Å². The van der Waals surface area contributed by atoms with Gasteiger partial charge in [0.2, 0.25) is 0 Å². The normalized spacial score (nSPS) is 23.8. The fraction of sp³-hybridized carbons (Fsp3) is 0.655. The van der Waals surface area contributed by atoms with Crippen molar-refractivity contribution < 1.29 is 9.59 Å². The topological polar surface area (TPSA) is 37.4 Å². The number of carbonyl (C=O) groups excluding carboxylic acids is 2. The molecule has 4 unspecified atom stereocenters. The van der Waals surface area contributed by atoms with Crippen LogP contribution < -0.4 is 0 Å². The molecular weight excluding hydrogens is 394 g/mol. The summed E-state index contributed by atoms with van der Waals surface area (Å²) < 4.78 is 0. The molecule has 2 bridgehead atoms. The maximum absolute atomic E-state index is 12.2. The van der Waals surface area contributed by atoms with E-state index >= 15 is 0 Å². The maximum atomic E-state index is 12.2. The molecule has 3 rings (SSSR count). The third-order valence-electron chi connectivity index (χ3n) is 7.30. The van der Waals surface area contributed by atoms with Crippen LogP contribution in [-0.2, 0) is 9.59 Å². The van der Waals surface area contributed by atoms with E-state index in [1.165, 1.54) is 43.2 Å². The minimum absolute atomic E-state index is 0.153. The number of fused-ring (bicyclic) bond motifs is 2. The van der Waals surface area contributed by atoms with Crippen LogP contribution in [0.2, 0.25) is 0 Å². The molecule has 2 heterocycles. The Bertz CT molecular complexity index is 727. The first-order valence-electron chi connectivity index (χ1n) is 12.7. The Kier molecular flexibility index (Phi) is 12.1. The van der Waals surface area contributed by atoms with Gasteiger partial charge in [0.05, 0.1) is 0 Å². The van der Waals surface area contributed by atoms with E-state index in [-0.39, 0.29) is 17.5 Å². The van der Waals surface area contributed by atoms with Crippen molar-refractivity contribution in [2.45, 2.75) is 123 Å². The second kappa shape index (κ2) is 13.7. The summed E-state index contributed by atoms with van der Waals surface area (Å²) in [6.45, 7) is 20.1. The average Bonchev–Trinajstić information content (AvgIpc) is 3.05.